The van der Waals surface area contributed by atoms with Gasteiger partial charge in [-0.05, 0) is 44.1 Å². The Bertz CT molecular complexity index is 510. The maximum absolute atomic E-state index is 12.5. The van der Waals surface area contributed by atoms with Crippen LogP contribution in [0, 0.1) is 5.92 Å². The van der Waals surface area contributed by atoms with Gasteiger partial charge < -0.3 is 19.7 Å². The van der Waals surface area contributed by atoms with Crippen LogP contribution < -0.4 is 14.8 Å². The Hall–Kier alpha value is -1.46. The zero-order chi connectivity index (χ0) is 13.9. The standard InChI is InChI=1S/C15H20N2O3.ClH/c1-16-9-11-4-5-17(10-11)15(18)12-2-3-13-14(8-12)20-7-6-19-13;/h2-3,8,11,16H,4-7,9-10H2,1H3;1H. The molecule has 1 fully saturated rings. The summed E-state index contributed by atoms with van der Waals surface area (Å²) in [5, 5.41) is 3.18. The third-order valence-corrected chi connectivity index (χ3v) is 3.85. The number of rotatable bonds is 3. The normalized spacial score (nSPS) is 20.0. The molecule has 21 heavy (non-hydrogen) atoms. The number of halogens is 1. The molecule has 2 aliphatic rings. The molecule has 1 unspecified atom stereocenters. The summed E-state index contributed by atoms with van der Waals surface area (Å²) in [4.78, 5) is 14.4. The van der Waals surface area contributed by atoms with Crippen molar-refractivity contribution in [1.29, 1.82) is 0 Å². The number of hydrogen-bond acceptors (Lipinski definition) is 4. The fraction of sp³-hybridized carbons (Fsp3) is 0.533. The molecule has 1 saturated heterocycles. The molecule has 1 aromatic carbocycles. The van der Waals surface area contributed by atoms with Crippen LogP contribution >= 0.6 is 12.4 Å². The van der Waals surface area contributed by atoms with E-state index in [2.05, 4.69) is 5.32 Å². The Morgan fingerprint density at radius 1 is 1.33 bits per heavy atom. The van der Waals surface area contributed by atoms with Crippen molar-refractivity contribution >= 4 is 18.3 Å². The smallest absolute Gasteiger partial charge is 0.254 e. The highest BCUT2D eigenvalue weighted by molar-refractivity contribution is 5.95. The van der Waals surface area contributed by atoms with Crippen LogP contribution in [0.5, 0.6) is 11.5 Å². The maximum Gasteiger partial charge on any atom is 0.254 e. The second kappa shape index (κ2) is 7.00. The van der Waals surface area contributed by atoms with Crippen LogP contribution in [-0.4, -0.2) is 50.7 Å². The van der Waals surface area contributed by atoms with Crippen molar-refractivity contribution in [2.45, 2.75) is 6.42 Å². The first kappa shape index (κ1) is 15.9. The minimum atomic E-state index is 0. The van der Waals surface area contributed by atoms with E-state index in [0.29, 0.717) is 30.4 Å². The van der Waals surface area contributed by atoms with Gasteiger partial charge in [-0.25, -0.2) is 0 Å². The molecule has 1 atom stereocenters. The first-order valence-electron chi connectivity index (χ1n) is 7.11. The van der Waals surface area contributed by atoms with Crippen molar-refractivity contribution in [3.8, 4) is 11.5 Å². The van der Waals surface area contributed by atoms with Gasteiger partial charge in [0.25, 0.3) is 5.91 Å². The minimum Gasteiger partial charge on any atom is -0.486 e. The highest BCUT2D eigenvalue weighted by atomic mass is 35.5. The molecule has 1 N–H and O–H groups in total. The van der Waals surface area contributed by atoms with Crippen molar-refractivity contribution < 1.29 is 14.3 Å². The van der Waals surface area contributed by atoms with E-state index in [1.165, 1.54) is 0 Å². The monoisotopic (exact) mass is 312 g/mol. The number of carbonyl (C=O) groups excluding carboxylic acids is 1. The largest absolute Gasteiger partial charge is 0.486 e. The van der Waals surface area contributed by atoms with Crippen molar-refractivity contribution in [2.75, 3.05) is 39.9 Å². The molecule has 2 aliphatic heterocycles. The van der Waals surface area contributed by atoms with Crippen LogP contribution in [0.2, 0.25) is 0 Å². The van der Waals surface area contributed by atoms with Crippen molar-refractivity contribution in [1.82, 2.24) is 10.2 Å². The summed E-state index contributed by atoms with van der Waals surface area (Å²) >= 11 is 0. The topological polar surface area (TPSA) is 50.8 Å². The summed E-state index contributed by atoms with van der Waals surface area (Å²) < 4.78 is 11.0. The lowest BCUT2D eigenvalue weighted by molar-refractivity contribution is 0.0786. The first-order chi connectivity index (χ1) is 9.78. The Morgan fingerprint density at radius 3 is 2.86 bits per heavy atom. The molecule has 5 nitrogen and oxygen atoms in total. The molecule has 1 amide bonds. The SMILES string of the molecule is CNCC1CCN(C(=O)c2ccc3c(c2)OCCO3)C1.Cl. The van der Waals surface area contributed by atoms with Crippen LogP contribution in [-0.2, 0) is 0 Å². The van der Waals surface area contributed by atoms with Gasteiger partial charge in [0.05, 0.1) is 0 Å². The molecule has 3 rings (SSSR count). The van der Waals surface area contributed by atoms with Crippen molar-refractivity contribution in [3.63, 3.8) is 0 Å². The second-order valence-electron chi connectivity index (χ2n) is 5.32. The molecule has 1 aromatic rings. The molecule has 116 valence electrons. The Labute approximate surface area is 131 Å². The summed E-state index contributed by atoms with van der Waals surface area (Å²) in [6.07, 6.45) is 1.07. The van der Waals surface area contributed by atoms with Gasteiger partial charge in [-0.2, -0.15) is 0 Å². The highest BCUT2D eigenvalue weighted by Gasteiger charge is 2.27. The second-order valence-corrected chi connectivity index (χ2v) is 5.32. The number of carbonyl (C=O) groups is 1. The average molecular weight is 313 g/mol. The van der Waals surface area contributed by atoms with Crippen LogP contribution in [0.4, 0.5) is 0 Å². The fourth-order valence-corrected chi connectivity index (χ4v) is 2.83. The minimum absolute atomic E-state index is 0. The van der Waals surface area contributed by atoms with Crippen LogP contribution in [0.3, 0.4) is 0 Å². The van der Waals surface area contributed by atoms with Gasteiger partial charge in [-0.1, -0.05) is 0 Å². The number of benzene rings is 1. The summed E-state index contributed by atoms with van der Waals surface area (Å²) in [6.45, 7) is 3.73. The average Bonchev–Trinajstić information content (AvgIpc) is 2.95. The van der Waals surface area contributed by atoms with E-state index in [1.807, 2.05) is 24.1 Å². The number of hydrogen-bond donors (Lipinski definition) is 1. The maximum atomic E-state index is 12.5. The molecular formula is C15H21ClN2O3. The van der Waals surface area contributed by atoms with E-state index < -0.39 is 0 Å². The zero-order valence-corrected chi connectivity index (χ0v) is 12.9. The number of nitrogens with zero attached hydrogens (tertiary/aromatic N) is 1. The van der Waals surface area contributed by atoms with Gasteiger partial charge in [-0.3, -0.25) is 4.79 Å². The summed E-state index contributed by atoms with van der Waals surface area (Å²) in [7, 11) is 1.95. The number of fused-ring (bicyclic) bond motifs is 1. The predicted octanol–water partition coefficient (Wildman–Crippen LogP) is 1.56. The lowest BCUT2D eigenvalue weighted by Gasteiger charge is -2.20. The van der Waals surface area contributed by atoms with Gasteiger partial charge in [0.1, 0.15) is 13.2 Å². The van der Waals surface area contributed by atoms with Gasteiger partial charge in [0.15, 0.2) is 11.5 Å². The summed E-state index contributed by atoms with van der Waals surface area (Å²) in [5.74, 6) is 2.04. The van der Waals surface area contributed by atoms with E-state index in [0.717, 1.165) is 31.8 Å². The van der Waals surface area contributed by atoms with E-state index in [1.54, 1.807) is 6.07 Å². The molecule has 0 aromatic heterocycles. The molecule has 6 heteroatoms. The van der Waals surface area contributed by atoms with Gasteiger partial charge in [0.2, 0.25) is 0 Å². The number of nitrogens with one attached hydrogen (secondary N) is 1. The van der Waals surface area contributed by atoms with Gasteiger partial charge in [0, 0.05) is 18.7 Å². The quantitative estimate of drug-likeness (QED) is 0.920. The lowest BCUT2D eigenvalue weighted by atomic mass is 10.1. The van der Waals surface area contributed by atoms with E-state index in [-0.39, 0.29) is 18.3 Å². The Kier molecular flexibility index (Phi) is 5.31. The van der Waals surface area contributed by atoms with Crippen molar-refractivity contribution in [3.05, 3.63) is 23.8 Å². The lowest BCUT2D eigenvalue weighted by Crippen LogP contribution is -2.30. The molecule has 0 spiro atoms. The Balaban J connectivity index is 0.00000161. The van der Waals surface area contributed by atoms with Crippen molar-refractivity contribution in [2.24, 2.45) is 5.92 Å². The molecule has 0 bridgehead atoms. The third-order valence-electron chi connectivity index (χ3n) is 3.85. The Morgan fingerprint density at radius 2 is 2.10 bits per heavy atom. The molecular weight excluding hydrogens is 292 g/mol. The highest BCUT2D eigenvalue weighted by Crippen LogP contribution is 2.31. The predicted molar refractivity (Wildman–Crippen MR) is 82.6 cm³/mol. The summed E-state index contributed by atoms with van der Waals surface area (Å²) in [5.41, 5.74) is 0.680. The number of amides is 1. The molecule has 0 saturated carbocycles. The van der Waals surface area contributed by atoms with Gasteiger partial charge >= 0.3 is 0 Å². The fourth-order valence-electron chi connectivity index (χ4n) is 2.83. The third kappa shape index (κ3) is 3.41. The van der Waals surface area contributed by atoms with E-state index in [9.17, 15) is 4.79 Å². The van der Waals surface area contributed by atoms with Crippen LogP contribution in [0.1, 0.15) is 16.8 Å². The van der Waals surface area contributed by atoms with E-state index >= 15 is 0 Å². The summed E-state index contributed by atoms with van der Waals surface area (Å²) in [6, 6.07) is 5.44. The molecule has 2 heterocycles. The zero-order valence-electron chi connectivity index (χ0n) is 12.1. The number of ether oxygens (including phenoxy) is 2. The first-order valence-corrected chi connectivity index (χ1v) is 7.11. The van der Waals surface area contributed by atoms with Crippen LogP contribution in [0.15, 0.2) is 18.2 Å². The van der Waals surface area contributed by atoms with Crippen LogP contribution in [0.25, 0.3) is 0 Å². The number of likely N-dealkylation sites (tertiary alicyclic amines) is 1. The van der Waals surface area contributed by atoms with E-state index in [4.69, 9.17) is 9.47 Å². The molecule has 0 aliphatic carbocycles. The van der Waals surface area contributed by atoms with Gasteiger partial charge in [-0.15, -0.1) is 12.4 Å². The molecule has 0 radical (unpaired) electrons.